The Morgan fingerprint density at radius 2 is 1.73 bits per heavy atom. The molecule has 4 aromatic rings. The van der Waals surface area contributed by atoms with E-state index in [9.17, 15) is 27.9 Å². The van der Waals surface area contributed by atoms with Gasteiger partial charge in [-0.15, -0.1) is 11.3 Å². The molecule has 0 aliphatic carbocycles. The Morgan fingerprint density at radius 3 is 2.30 bits per heavy atom. The standard InChI is InChI=1S/C27H25F3N2O4S/c1-14-22(24(25(34)35)36-26(3,4)5)32(18-9-7-17(8-10-18)27(28,29)30)15(2)21(23(14)33)16-6-11-19-20(12-16)37-13-31-19/h6-13,24H,1-5H3,(H,34,35). The van der Waals surface area contributed by atoms with Crippen LogP contribution in [0.1, 0.15) is 49.4 Å². The maximum absolute atomic E-state index is 13.7. The van der Waals surface area contributed by atoms with Crippen LogP contribution in [0.25, 0.3) is 27.0 Å². The first-order valence-electron chi connectivity index (χ1n) is 11.4. The molecule has 6 nitrogen and oxygen atoms in total. The van der Waals surface area contributed by atoms with Gasteiger partial charge in [0.25, 0.3) is 0 Å². The summed E-state index contributed by atoms with van der Waals surface area (Å²) in [4.78, 5) is 30.4. The maximum Gasteiger partial charge on any atom is 0.416 e. The van der Waals surface area contributed by atoms with Crippen LogP contribution in [0, 0.1) is 13.8 Å². The summed E-state index contributed by atoms with van der Waals surface area (Å²) in [6.07, 6.45) is -6.09. The number of hydrogen-bond acceptors (Lipinski definition) is 5. The molecule has 0 fully saturated rings. The zero-order chi connectivity index (χ0) is 27.3. The highest BCUT2D eigenvalue weighted by atomic mass is 32.1. The Kier molecular flexibility index (Phi) is 6.76. The lowest BCUT2D eigenvalue weighted by molar-refractivity contribution is -0.161. The first-order chi connectivity index (χ1) is 17.2. The van der Waals surface area contributed by atoms with E-state index in [4.69, 9.17) is 4.74 Å². The number of fused-ring (bicyclic) bond motifs is 1. The summed E-state index contributed by atoms with van der Waals surface area (Å²) in [7, 11) is 0. The number of nitrogens with zero attached hydrogens (tertiary/aromatic N) is 2. The van der Waals surface area contributed by atoms with Gasteiger partial charge in [-0.1, -0.05) is 6.07 Å². The molecule has 2 heterocycles. The Hall–Kier alpha value is -3.50. The van der Waals surface area contributed by atoms with Gasteiger partial charge in [-0.3, -0.25) is 4.79 Å². The topological polar surface area (TPSA) is 81.4 Å². The number of benzene rings is 2. The summed E-state index contributed by atoms with van der Waals surface area (Å²) >= 11 is 1.41. The van der Waals surface area contributed by atoms with E-state index in [0.29, 0.717) is 16.8 Å². The van der Waals surface area contributed by atoms with Crippen LogP contribution in [-0.4, -0.2) is 26.2 Å². The Labute approximate surface area is 215 Å². The lowest BCUT2D eigenvalue weighted by atomic mass is 9.97. The first kappa shape index (κ1) is 26.6. The summed E-state index contributed by atoms with van der Waals surface area (Å²) in [6, 6.07) is 9.74. The van der Waals surface area contributed by atoms with Gasteiger partial charge in [0.05, 0.1) is 32.6 Å². The number of carboxylic acid groups (broad SMARTS) is 1. The quantitative estimate of drug-likeness (QED) is 0.311. The van der Waals surface area contributed by atoms with Gasteiger partial charge in [0.1, 0.15) is 0 Å². The second-order valence-electron chi connectivity index (χ2n) is 9.66. The molecule has 194 valence electrons. The van der Waals surface area contributed by atoms with Crippen LogP contribution in [0.2, 0.25) is 0 Å². The van der Waals surface area contributed by atoms with Crippen molar-refractivity contribution in [2.75, 3.05) is 0 Å². The van der Waals surface area contributed by atoms with Crippen molar-refractivity contribution in [3.63, 3.8) is 0 Å². The number of pyridine rings is 1. The number of carbonyl (C=O) groups is 1. The summed E-state index contributed by atoms with van der Waals surface area (Å²) in [6.45, 7) is 8.21. The van der Waals surface area contributed by atoms with E-state index >= 15 is 0 Å². The van der Waals surface area contributed by atoms with Crippen molar-refractivity contribution >= 4 is 27.5 Å². The van der Waals surface area contributed by atoms with Crippen molar-refractivity contribution in [3.05, 3.63) is 80.7 Å². The summed E-state index contributed by atoms with van der Waals surface area (Å²) < 4.78 is 48.0. The van der Waals surface area contributed by atoms with Crippen molar-refractivity contribution in [1.82, 2.24) is 9.55 Å². The molecular formula is C27H25F3N2O4S. The molecular weight excluding hydrogens is 505 g/mol. The van der Waals surface area contributed by atoms with Gasteiger partial charge in [0, 0.05) is 22.5 Å². The molecule has 1 atom stereocenters. The van der Waals surface area contributed by atoms with Crippen molar-refractivity contribution in [2.24, 2.45) is 0 Å². The van der Waals surface area contributed by atoms with E-state index in [1.165, 1.54) is 35.0 Å². The fourth-order valence-corrected chi connectivity index (χ4v) is 5.02. The lowest BCUT2D eigenvalue weighted by Crippen LogP contribution is -2.33. The average Bonchev–Trinajstić information content (AvgIpc) is 3.27. The van der Waals surface area contributed by atoms with E-state index in [2.05, 4.69) is 4.98 Å². The number of halogens is 3. The largest absolute Gasteiger partial charge is 0.479 e. The lowest BCUT2D eigenvalue weighted by Gasteiger charge is -2.30. The second kappa shape index (κ2) is 9.42. The van der Waals surface area contributed by atoms with Crippen molar-refractivity contribution in [2.45, 2.75) is 52.5 Å². The molecule has 0 aliphatic rings. The molecule has 1 unspecified atom stereocenters. The molecule has 0 saturated carbocycles. The monoisotopic (exact) mass is 530 g/mol. The highest BCUT2D eigenvalue weighted by Gasteiger charge is 2.34. The molecule has 10 heteroatoms. The van der Waals surface area contributed by atoms with Crippen LogP contribution in [0.4, 0.5) is 13.2 Å². The molecule has 2 aromatic carbocycles. The van der Waals surface area contributed by atoms with Crippen molar-refractivity contribution < 1.29 is 27.8 Å². The number of aromatic nitrogens is 2. The first-order valence-corrected chi connectivity index (χ1v) is 12.2. The van der Waals surface area contributed by atoms with Gasteiger partial charge in [0.15, 0.2) is 11.5 Å². The van der Waals surface area contributed by atoms with Gasteiger partial charge >= 0.3 is 12.1 Å². The smallest absolute Gasteiger partial charge is 0.416 e. The minimum absolute atomic E-state index is 0.0484. The second-order valence-corrected chi connectivity index (χ2v) is 10.5. The zero-order valence-electron chi connectivity index (χ0n) is 20.8. The predicted octanol–water partition coefficient (Wildman–Crippen LogP) is 6.69. The fraction of sp³-hybridized carbons (Fsp3) is 0.296. The zero-order valence-corrected chi connectivity index (χ0v) is 21.6. The van der Waals surface area contributed by atoms with Crippen LogP contribution in [0.5, 0.6) is 0 Å². The third-order valence-electron chi connectivity index (χ3n) is 5.91. The number of rotatable bonds is 5. The fourth-order valence-electron chi connectivity index (χ4n) is 4.30. The Balaban J connectivity index is 2.06. The van der Waals surface area contributed by atoms with Crippen molar-refractivity contribution in [3.8, 4) is 16.8 Å². The third-order valence-corrected chi connectivity index (χ3v) is 6.70. The van der Waals surface area contributed by atoms with E-state index in [1.54, 1.807) is 45.3 Å². The van der Waals surface area contributed by atoms with Gasteiger partial charge in [0.2, 0.25) is 0 Å². The van der Waals surface area contributed by atoms with Gasteiger partial charge in [-0.25, -0.2) is 9.78 Å². The van der Waals surface area contributed by atoms with Crippen LogP contribution >= 0.6 is 11.3 Å². The molecule has 0 radical (unpaired) electrons. The Bertz CT molecular complexity index is 1550. The highest BCUT2D eigenvalue weighted by molar-refractivity contribution is 7.16. The number of hydrogen-bond donors (Lipinski definition) is 1. The third kappa shape index (κ3) is 5.17. The van der Waals surface area contributed by atoms with E-state index in [0.717, 1.165) is 22.3 Å². The van der Waals surface area contributed by atoms with E-state index in [1.807, 2.05) is 6.07 Å². The van der Waals surface area contributed by atoms with E-state index in [-0.39, 0.29) is 22.4 Å². The van der Waals surface area contributed by atoms with Crippen LogP contribution in [-0.2, 0) is 15.7 Å². The summed E-state index contributed by atoms with van der Waals surface area (Å²) in [5.41, 5.74) is 2.08. The molecule has 0 saturated heterocycles. The average molecular weight is 531 g/mol. The molecule has 0 aliphatic heterocycles. The number of thiazole rings is 1. The summed E-state index contributed by atoms with van der Waals surface area (Å²) in [5.74, 6) is -1.32. The van der Waals surface area contributed by atoms with Crippen LogP contribution in [0.3, 0.4) is 0 Å². The number of aliphatic carboxylic acids is 1. The SMILES string of the molecule is Cc1c(C(OC(C)(C)C)C(=O)O)n(-c2ccc(C(F)(F)F)cc2)c(C)c(-c2ccc3ncsc3c2)c1=O. The molecule has 0 bridgehead atoms. The predicted molar refractivity (Wildman–Crippen MR) is 136 cm³/mol. The Morgan fingerprint density at radius 1 is 1.08 bits per heavy atom. The molecule has 0 amide bonds. The molecule has 4 rings (SSSR count). The van der Waals surface area contributed by atoms with Crippen LogP contribution in [0.15, 0.2) is 52.8 Å². The van der Waals surface area contributed by atoms with Gasteiger partial charge in [-0.05, 0) is 76.6 Å². The number of carboxylic acids is 1. The number of alkyl halides is 3. The molecule has 0 spiro atoms. The highest BCUT2D eigenvalue weighted by Crippen LogP contribution is 2.35. The molecule has 37 heavy (non-hydrogen) atoms. The van der Waals surface area contributed by atoms with E-state index < -0.39 is 29.4 Å². The minimum atomic E-state index is -4.54. The van der Waals surface area contributed by atoms with Gasteiger partial charge < -0.3 is 14.4 Å². The molecule has 1 N–H and O–H groups in total. The minimum Gasteiger partial charge on any atom is -0.479 e. The molecule has 2 aromatic heterocycles. The van der Waals surface area contributed by atoms with Gasteiger partial charge in [-0.2, -0.15) is 13.2 Å². The van der Waals surface area contributed by atoms with Crippen LogP contribution < -0.4 is 5.43 Å². The van der Waals surface area contributed by atoms with Crippen molar-refractivity contribution in [1.29, 1.82) is 0 Å². The summed E-state index contributed by atoms with van der Waals surface area (Å²) in [5, 5.41) is 10.1. The number of ether oxygens (including phenoxy) is 1. The maximum atomic E-state index is 13.7. The normalized spacial score (nSPS) is 13.2.